The summed E-state index contributed by atoms with van der Waals surface area (Å²) in [5.41, 5.74) is 1.60. The van der Waals surface area contributed by atoms with Crippen LogP contribution in [0.25, 0.3) is 0 Å². The SMILES string of the molecule is OCC1C=C2CCC1C2. The van der Waals surface area contributed by atoms with E-state index in [1.165, 1.54) is 19.3 Å². The standard InChI is InChI=1S/C8H12O/c9-5-8-4-6-1-2-7(8)3-6/h4,7-9H,1-3,5H2. The van der Waals surface area contributed by atoms with Crippen LogP contribution in [0.1, 0.15) is 19.3 Å². The first-order valence-corrected chi connectivity index (χ1v) is 3.70. The van der Waals surface area contributed by atoms with E-state index in [0.717, 1.165) is 5.92 Å². The molecular weight excluding hydrogens is 112 g/mol. The lowest BCUT2D eigenvalue weighted by atomic mass is 9.94. The smallest absolute Gasteiger partial charge is 0.0496 e. The van der Waals surface area contributed by atoms with E-state index in [2.05, 4.69) is 6.08 Å². The molecule has 0 heterocycles. The Morgan fingerprint density at radius 1 is 1.67 bits per heavy atom. The Morgan fingerprint density at radius 3 is 2.89 bits per heavy atom. The maximum atomic E-state index is 8.84. The van der Waals surface area contributed by atoms with Crippen molar-refractivity contribution in [1.82, 2.24) is 0 Å². The van der Waals surface area contributed by atoms with Gasteiger partial charge < -0.3 is 5.11 Å². The zero-order valence-corrected chi connectivity index (χ0v) is 5.51. The number of hydrogen-bond donors (Lipinski definition) is 1. The molecular formula is C8H12O. The van der Waals surface area contributed by atoms with Crippen LogP contribution in [0, 0.1) is 11.8 Å². The highest BCUT2D eigenvalue weighted by molar-refractivity contribution is 5.19. The predicted molar refractivity (Wildman–Crippen MR) is 36.0 cm³/mol. The predicted octanol–water partition coefficient (Wildman–Crippen LogP) is 1.33. The van der Waals surface area contributed by atoms with Gasteiger partial charge in [-0.05, 0) is 25.2 Å². The summed E-state index contributed by atoms with van der Waals surface area (Å²) in [6.07, 6.45) is 6.19. The van der Waals surface area contributed by atoms with E-state index in [-0.39, 0.29) is 0 Å². The third-order valence-corrected chi connectivity index (χ3v) is 2.63. The molecule has 1 nitrogen and oxygen atoms in total. The average Bonchev–Trinajstić information content (AvgIpc) is 2.45. The molecule has 0 aromatic rings. The van der Waals surface area contributed by atoms with Crippen LogP contribution >= 0.6 is 0 Å². The van der Waals surface area contributed by atoms with Gasteiger partial charge in [-0.1, -0.05) is 11.6 Å². The molecule has 0 amide bonds. The fourth-order valence-electron chi connectivity index (χ4n) is 2.07. The number of allylic oxidation sites excluding steroid dienone is 1. The highest BCUT2D eigenvalue weighted by atomic mass is 16.3. The minimum atomic E-state index is 0.369. The van der Waals surface area contributed by atoms with Crippen molar-refractivity contribution in [3.63, 3.8) is 0 Å². The quantitative estimate of drug-likeness (QED) is 0.523. The number of aliphatic hydroxyl groups is 1. The number of aliphatic hydroxyl groups excluding tert-OH is 1. The summed E-state index contributed by atoms with van der Waals surface area (Å²) in [6, 6.07) is 0. The Balaban J connectivity index is 2.16. The normalized spacial score (nSPS) is 39.4. The molecule has 2 unspecified atom stereocenters. The van der Waals surface area contributed by atoms with Gasteiger partial charge in [0.25, 0.3) is 0 Å². The number of hydrogen-bond acceptors (Lipinski definition) is 1. The fourth-order valence-corrected chi connectivity index (χ4v) is 2.07. The van der Waals surface area contributed by atoms with E-state index in [4.69, 9.17) is 5.11 Å². The van der Waals surface area contributed by atoms with Crippen molar-refractivity contribution >= 4 is 0 Å². The first-order valence-electron chi connectivity index (χ1n) is 3.70. The molecule has 0 saturated heterocycles. The summed E-state index contributed by atoms with van der Waals surface area (Å²) in [6.45, 7) is 0.369. The molecule has 2 atom stereocenters. The van der Waals surface area contributed by atoms with Crippen molar-refractivity contribution in [3.05, 3.63) is 11.6 Å². The van der Waals surface area contributed by atoms with Crippen LogP contribution in [0.3, 0.4) is 0 Å². The molecule has 0 spiro atoms. The maximum absolute atomic E-state index is 8.84. The minimum absolute atomic E-state index is 0.369. The molecule has 1 heteroatoms. The first-order chi connectivity index (χ1) is 4.40. The monoisotopic (exact) mass is 124 g/mol. The molecule has 0 aromatic carbocycles. The summed E-state index contributed by atoms with van der Waals surface area (Å²) in [5.74, 6) is 1.33. The third kappa shape index (κ3) is 0.715. The summed E-state index contributed by atoms with van der Waals surface area (Å²) in [5, 5.41) is 8.84. The highest BCUT2D eigenvalue weighted by Gasteiger charge is 2.31. The molecule has 0 radical (unpaired) electrons. The van der Waals surface area contributed by atoms with Gasteiger partial charge in [0.2, 0.25) is 0 Å². The van der Waals surface area contributed by atoms with E-state index >= 15 is 0 Å². The third-order valence-electron chi connectivity index (χ3n) is 2.63. The van der Waals surface area contributed by atoms with Gasteiger partial charge >= 0.3 is 0 Å². The summed E-state index contributed by atoms with van der Waals surface area (Å²) < 4.78 is 0. The Labute approximate surface area is 55.4 Å². The van der Waals surface area contributed by atoms with Crippen molar-refractivity contribution in [3.8, 4) is 0 Å². The van der Waals surface area contributed by atoms with Crippen LogP contribution in [0.2, 0.25) is 0 Å². The number of rotatable bonds is 1. The highest BCUT2D eigenvalue weighted by Crippen LogP contribution is 2.42. The lowest BCUT2D eigenvalue weighted by molar-refractivity contribution is 0.214. The summed E-state index contributed by atoms with van der Waals surface area (Å²) in [7, 11) is 0. The van der Waals surface area contributed by atoms with Crippen molar-refractivity contribution in [2.45, 2.75) is 19.3 Å². The largest absolute Gasteiger partial charge is 0.396 e. The fraction of sp³-hybridized carbons (Fsp3) is 0.750. The minimum Gasteiger partial charge on any atom is -0.396 e. The molecule has 1 saturated carbocycles. The van der Waals surface area contributed by atoms with Crippen LogP contribution in [-0.4, -0.2) is 11.7 Å². The molecule has 2 rings (SSSR count). The molecule has 2 bridgehead atoms. The van der Waals surface area contributed by atoms with E-state index < -0.39 is 0 Å². The second kappa shape index (κ2) is 1.84. The molecule has 2 aliphatic carbocycles. The van der Waals surface area contributed by atoms with Gasteiger partial charge in [0, 0.05) is 12.5 Å². The van der Waals surface area contributed by atoms with Gasteiger partial charge in [-0.3, -0.25) is 0 Å². The first kappa shape index (κ1) is 5.48. The zero-order chi connectivity index (χ0) is 6.27. The van der Waals surface area contributed by atoms with Gasteiger partial charge in [0.15, 0.2) is 0 Å². The van der Waals surface area contributed by atoms with E-state index in [1.807, 2.05) is 0 Å². The van der Waals surface area contributed by atoms with Crippen LogP contribution in [0.4, 0.5) is 0 Å². The molecule has 1 N–H and O–H groups in total. The maximum Gasteiger partial charge on any atom is 0.0496 e. The van der Waals surface area contributed by atoms with Crippen molar-refractivity contribution in [1.29, 1.82) is 0 Å². The van der Waals surface area contributed by atoms with Gasteiger partial charge in [-0.15, -0.1) is 0 Å². The molecule has 2 aliphatic rings. The second-order valence-corrected chi connectivity index (χ2v) is 3.17. The average molecular weight is 124 g/mol. The van der Waals surface area contributed by atoms with Gasteiger partial charge in [-0.2, -0.15) is 0 Å². The Hall–Kier alpha value is -0.300. The van der Waals surface area contributed by atoms with Gasteiger partial charge in [0.1, 0.15) is 0 Å². The molecule has 50 valence electrons. The second-order valence-electron chi connectivity index (χ2n) is 3.17. The zero-order valence-electron chi connectivity index (χ0n) is 5.51. The number of fused-ring (bicyclic) bond motifs is 2. The van der Waals surface area contributed by atoms with Crippen molar-refractivity contribution < 1.29 is 5.11 Å². The van der Waals surface area contributed by atoms with E-state index in [9.17, 15) is 0 Å². The van der Waals surface area contributed by atoms with Crippen LogP contribution in [-0.2, 0) is 0 Å². The topological polar surface area (TPSA) is 20.2 Å². The molecule has 0 aromatic heterocycles. The van der Waals surface area contributed by atoms with E-state index in [0.29, 0.717) is 12.5 Å². The Morgan fingerprint density at radius 2 is 2.56 bits per heavy atom. The van der Waals surface area contributed by atoms with E-state index in [1.54, 1.807) is 5.57 Å². The summed E-state index contributed by atoms with van der Waals surface area (Å²) >= 11 is 0. The molecule has 9 heavy (non-hydrogen) atoms. The Kier molecular flexibility index (Phi) is 1.12. The lowest BCUT2D eigenvalue weighted by Gasteiger charge is -2.13. The van der Waals surface area contributed by atoms with Crippen LogP contribution < -0.4 is 0 Å². The van der Waals surface area contributed by atoms with Gasteiger partial charge in [0.05, 0.1) is 0 Å². The summed E-state index contributed by atoms with van der Waals surface area (Å²) in [4.78, 5) is 0. The van der Waals surface area contributed by atoms with Crippen molar-refractivity contribution in [2.24, 2.45) is 11.8 Å². The lowest BCUT2D eigenvalue weighted by Crippen LogP contribution is -2.10. The van der Waals surface area contributed by atoms with Crippen molar-refractivity contribution in [2.75, 3.05) is 6.61 Å². The van der Waals surface area contributed by atoms with Gasteiger partial charge in [-0.25, -0.2) is 0 Å². The molecule has 1 fully saturated rings. The van der Waals surface area contributed by atoms with Crippen LogP contribution in [0.15, 0.2) is 11.6 Å². The van der Waals surface area contributed by atoms with Crippen LogP contribution in [0.5, 0.6) is 0 Å². The molecule has 0 aliphatic heterocycles. The Bertz CT molecular complexity index is 149.